The number of carbonyl (C=O) groups excluding carboxylic acids is 1. The zero-order valence-electron chi connectivity index (χ0n) is 16.8. The summed E-state index contributed by atoms with van der Waals surface area (Å²) in [5.74, 6) is 1.92. The molecule has 0 saturated heterocycles. The number of aromatic nitrogens is 3. The fourth-order valence-corrected chi connectivity index (χ4v) is 4.13. The summed E-state index contributed by atoms with van der Waals surface area (Å²) in [4.78, 5) is 20.2. The molecule has 0 saturated carbocycles. The van der Waals surface area contributed by atoms with Crippen LogP contribution in [0.15, 0.2) is 72.1 Å². The summed E-state index contributed by atoms with van der Waals surface area (Å²) in [7, 11) is 1.72. The molecule has 0 aliphatic carbocycles. The van der Waals surface area contributed by atoms with E-state index in [9.17, 15) is 4.79 Å². The minimum atomic E-state index is -0.269. The van der Waals surface area contributed by atoms with Crippen LogP contribution in [-0.4, -0.2) is 51.9 Å². The van der Waals surface area contributed by atoms with Crippen molar-refractivity contribution in [2.75, 3.05) is 20.2 Å². The van der Waals surface area contributed by atoms with Gasteiger partial charge in [-0.15, -0.1) is 16.4 Å². The lowest BCUT2D eigenvalue weighted by Gasteiger charge is -2.29. The van der Waals surface area contributed by atoms with Crippen LogP contribution >= 0.6 is 11.3 Å². The molecule has 156 valence electrons. The maximum Gasteiger partial charge on any atom is 0.293 e. The number of amides is 1. The number of fused-ring (bicyclic) bond motifs is 1. The van der Waals surface area contributed by atoms with Gasteiger partial charge in [0.2, 0.25) is 5.82 Å². The zero-order chi connectivity index (χ0) is 21.2. The van der Waals surface area contributed by atoms with E-state index in [1.807, 2.05) is 72.1 Å². The number of para-hydroxylation sites is 3. The normalized spacial score (nSPS) is 14.9. The minimum absolute atomic E-state index is 0.145. The van der Waals surface area contributed by atoms with E-state index < -0.39 is 0 Å². The van der Waals surface area contributed by atoms with Gasteiger partial charge in [0.25, 0.3) is 5.91 Å². The summed E-state index contributed by atoms with van der Waals surface area (Å²) in [6.45, 7) is 0.738. The third kappa shape index (κ3) is 3.89. The van der Waals surface area contributed by atoms with Crippen LogP contribution in [-0.2, 0) is 0 Å². The molecule has 4 aromatic rings. The number of thiophene rings is 1. The van der Waals surface area contributed by atoms with E-state index in [0.29, 0.717) is 24.7 Å². The average molecular weight is 433 g/mol. The first-order chi connectivity index (χ1) is 15.2. The Labute approximate surface area is 183 Å². The number of hydrogen-bond acceptors (Lipinski definition) is 6. The molecule has 0 bridgehead atoms. The molecular formula is C23H20N4O3S. The Morgan fingerprint density at radius 3 is 2.65 bits per heavy atom. The SMILES string of the molecule is CN(CC1COc2ccccc2O1)C(=O)c1nc(-c2cccs2)n(-c2ccccc2)n1. The predicted octanol–water partition coefficient (Wildman–Crippen LogP) is 3.91. The van der Waals surface area contributed by atoms with E-state index in [0.717, 1.165) is 16.3 Å². The Bertz CT molecular complexity index is 1190. The molecule has 0 N–H and O–H groups in total. The highest BCUT2D eigenvalue weighted by Gasteiger charge is 2.27. The lowest BCUT2D eigenvalue weighted by Crippen LogP contribution is -2.42. The number of benzene rings is 2. The second kappa shape index (κ2) is 8.23. The monoisotopic (exact) mass is 432 g/mol. The van der Waals surface area contributed by atoms with Crippen LogP contribution in [0.4, 0.5) is 0 Å². The van der Waals surface area contributed by atoms with E-state index in [4.69, 9.17) is 9.47 Å². The van der Waals surface area contributed by atoms with Gasteiger partial charge >= 0.3 is 0 Å². The molecule has 0 radical (unpaired) electrons. The van der Waals surface area contributed by atoms with Gasteiger partial charge in [0.05, 0.1) is 17.1 Å². The highest BCUT2D eigenvalue weighted by molar-refractivity contribution is 7.13. The molecule has 1 aliphatic rings. The second-order valence-electron chi connectivity index (χ2n) is 7.17. The molecular weight excluding hydrogens is 412 g/mol. The number of ether oxygens (including phenoxy) is 2. The minimum Gasteiger partial charge on any atom is -0.486 e. The van der Waals surface area contributed by atoms with Gasteiger partial charge < -0.3 is 14.4 Å². The second-order valence-corrected chi connectivity index (χ2v) is 8.11. The lowest BCUT2D eigenvalue weighted by molar-refractivity contribution is 0.0513. The highest BCUT2D eigenvalue weighted by Crippen LogP contribution is 2.31. The first-order valence-corrected chi connectivity index (χ1v) is 10.8. The molecule has 1 atom stereocenters. The maximum absolute atomic E-state index is 13.1. The van der Waals surface area contributed by atoms with Crippen molar-refractivity contribution in [1.82, 2.24) is 19.7 Å². The Kier molecular flexibility index (Phi) is 5.13. The largest absolute Gasteiger partial charge is 0.486 e. The van der Waals surface area contributed by atoms with Gasteiger partial charge in [0, 0.05) is 7.05 Å². The lowest BCUT2D eigenvalue weighted by atomic mass is 10.2. The Hall–Kier alpha value is -3.65. The smallest absolute Gasteiger partial charge is 0.293 e. The van der Waals surface area contributed by atoms with Crippen molar-refractivity contribution in [3.63, 3.8) is 0 Å². The molecule has 0 fully saturated rings. The van der Waals surface area contributed by atoms with Crippen LogP contribution in [0.25, 0.3) is 16.4 Å². The van der Waals surface area contributed by atoms with Gasteiger partial charge in [-0.2, -0.15) is 0 Å². The van der Waals surface area contributed by atoms with Gasteiger partial charge in [-0.25, -0.2) is 9.67 Å². The number of rotatable bonds is 5. The molecule has 1 amide bonds. The van der Waals surface area contributed by atoms with Crippen molar-refractivity contribution in [3.8, 4) is 27.9 Å². The Morgan fingerprint density at radius 1 is 1.10 bits per heavy atom. The van der Waals surface area contributed by atoms with Crippen LogP contribution in [0.3, 0.4) is 0 Å². The molecule has 8 heteroatoms. The molecule has 1 aliphatic heterocycles. The van der Waals surface area contributed by atoms with Gasteiger partial charge in [0.1, 0.15) is 6.61 Å². The van der Waals surface area contributed by atoms with Gasteiger partial charge in [-0.05, 0) is 35.7 Å². The van der Waals surface area contributed by atoms with Crippen molar-refractivity contribution in [3.05, 3.63) is 77.9 Å². The van der Waals surface area contributed by atoms with Crippen LogP contribution < -0.4 is 9.47 Å². The van der Waals surface area contributed by atoms with E-state index in [2.05, 4.69) is 10.1 Å². The van der Waals surface area contributed by atoms with E-state index in [1.54, 1.807) is 28.0 Å². The third-order valence-corrected chi connectivity index (χ3v) is 5.80. The molecule has 3 heterocycles. The summed E-state index contributed by atoms with van der Waals surface area (Å²) in [6, 6.07) is 21.1. The van der Waals surface area contributed by atoms with Crippen molar-refractivity contribution < 1.29 is 14.3 Å². The van der Waals surface area contributed by atoms with Gasteiger partial charge in [-0.1, -0.05) is 36.4 Å². The molecule has 2 aromatic carbocycles. The first kappa shape index (κ1) is 19.3. The van der Waals surface area contributed by atoms with Crippen molar-refractivity contribution in [2.24, 2.45) is 0 Å². The van der Waals surface area contributed by atoms with Crippen LogP contribution in [0, 0.1) is 0 Å². The van der Waals surface area contributed by atoms with Gasteiger partial charge in [0.15, 0.2) is 23.4 Å². The van der Waals surface area contributed by atoms with Crippen molar-refractivity contribution in [1.29, 1.82) is 0 Å². The Balaban J connectivity index is 1.38. The van der Waals surface area contributed by atoms with E-state index >= 15 is 0 Å². The summed E-state index contributed by atoms with van der Waals surface area (Å²) in [6.07, 6.45) is -0.267. The van der Waals surface area contributed by atoms with E-state index in [-0.39, 0.29) is 17.8 Å². The predicted molar refractivity (Wildman–Crippen MR) is 118 cm³/mol. The average Bonchev–Trinajstić information content (AvgIpc) is 3.49. The molecule has 31 heavy (non-hydrogen) atoms. The van der Waals surface area contributed by atoms with Crippen LogP contribution in [0.2, 0.25) is 0 Å². The molecule has 2 aromatic heterocycles. The summed E-state index contributed by atoms with van der Waals surface area (Å²) >= 11 is 1.56. The molecule has 0 spiro atoms. The molecule has 7 nitrogen and oxygen atoms in total. The quantitative estimate of drug-likeness (QED) is 0.478. The summed E-state index contributed by atoms with van der Waals surface area (Å²) in [5, 5.41) is 6.51. The third-order valence-electron chi connectivity index (χ3n) is 4.93. The molecule has 1 unspecified atom stereocenters. The maximum atomic E-state index is 13.1. The number of carbonyl (C=O) groups is 1. The van der Waals surface area contributed by atoms with Gasteiger partial charge in [-0.3, -0.25) is 4.79 Å². The standard InChI is InChI=1S/C23H20N4O3S/c1-26(14-17-15-29-18-10-5-6-11-19(18)30-17)23(28)21-24-22(20-12-7-13-31-20)27(25-21)16-8-3-2-4-9-16/h2-13,17H,14-15H2,1H3. The zero-order valence-corrected chi connectivity index (χ0v) is 17.7. The van der Waals surface area contributed by atoms with E-state index in [1.165, 1.54) is 0 Å². The molecule has 5 rings (SSSR count). The van der Waals surface area contributed by atoms with Crippen molar-refractivity contribution in [2.45, 2.75) is 6.10 Å². The first-order valence-electron chi connectivity index (χ1n) is 9.89. The number of likely N-dealkylation sites (N-methyl/N-ethyl adjacent to an activating group) is 1. The Morgan fingerprint density at radius 2 is 1.87 bits per heavy atom. The van der Waals surface area contributed by atoms with Crippen LogP contribution in [0.1, 0.15) is 10.6 Å². The summed E-state index contributed by atoms with van der Waals surface area (Å²) in [5.41, 5.74) is 0.848. The van der Waals surface area contributed by atoms with Crippen molar-refractivity contribution >= 4 is 17.2 Å². The highest BCUT2D eigenvalue weighted by atomic mass is 32.1. The number of nitrogens with zero attached hydrogens (tertiary/aromatic N) is 4. The van der Waals surface area contributed by atoms with Crippen LogP contribution in [0.5, 0.6) is 11.5 Å². The fraction of sp³-hybridized carbons (Fsp3) is 0.174. The summed E-state index contributed by atoms with van der Waals surface area (Å²) < 4.78 is 13.4. The fourth-order valence-electron chi connectivity index (χ4n) is 3.43. The number of hydrogen-bond donors (Lipinski definition) is 0. The topological polar surface area (TPSA) is 69.5 Å².